The van der Waals surface area contributed by atoms with E-state index >= 15 is 0 Å². The number of aromatic nitrogens is 4. The van der Waals surface area contributed by atoms with E-state index in [1.54, 1.807) is 11.8 Å². The first-order valence-electron chi connectivity index (χ1n) is 14.9. The third-order valence-electron chi connectivity index (χ3n) is 8.57. The molecule has 46 heavy (non-hydrogen) atoms. The van der Waals surface area contributed by atoms with Crippen molar-refractivity contribution in [1.82, 2.24) is 24.8 Å². The fourth-order valence-corrected chi connectivity index (χ4v) is 5.63. The second-order valence-corrected chi connectivity index (χ2v) is 18.3. The summed E-state index contributed by atoms with van der Waals surface area (Å²) in [6, 6.07) is 3.79. The molecule has 0 spiro atoms. The minimum absolute atomic E-state index is 0.00233. The average Bonchev–Trinajstić information content (AvgIpc) is 2.97. The molecule has 0 bridgehead atoms. The molecule has 1 aliphatic heterocycles. The summed E-state index contributed by atoms with van der Waals surface area (Å²) < 4.78 is 39.0. The van der Waals surface area contributed by atoms with Gasteiger partial charge in [-0.3, -0.25) is 14.5 Å². The molecule has 1 N–H and O–H groups in total. The van der Waals surface area contributed by atoms with Gasteiger partial charge in [0.15, 0.2) is 37.1 Å². The lowest BCUT2D eigenvalue weighted by atomic mass is 9.96. The summed E-state index contributed by atoms with van der Waals surface area (Å²) in [5.41, 5.74) is -0.247. The second kappa shape index (κ2) is 13.3. The van der Waals surface area contributed by atoms with Crippen molar-refractivity contribution in [3.05, 3.63) is 71.2 Å². The molecule has 3 heterocycles. The number of hydrogen-bond acceptors (Lipinski definition) is 9. The van der Waals surface area contributed by atoms with Crippen molar-refractivity contribution < 1.29 is 32.3 Å². The van der Waals surface area contributed by atoms with Crippen LogP contribution in [0.1, 0.15) is 57.7 Å². The summed E-state index contributed by atoms with van der Waals surface area (Å²) in [6.45, 7) is 17.4. The molecular formula is C31H41F2N7O5Si. The Bertz CT molecular complexity index is 1580. The van der Waals surface area contributed by atoms with Crippen molar-refractivity contribution in [2.75, 3.05) is 25.0 Å². The van der Waals surface area contributed by atoms with Gasteiger partial charge in [0.05, 0.1) is 24.0 Å². The van der Waals surface area contributed by atoms with Crippen LogP contribution in [-0.2, 0) is 15.8 Å². The predicted octanol–water partition coefficient (Wildman–Crippen LogP) is 4.66. The Morgan fingerprint density at radius 2 is 1.85 bits per heavy atom. The smallest absolute Gasteiger partial charge is 0.294 e. The lowest BCUT2D eigenvalue weighted by molar-refractivity contribution is -0.611. The molecule has 1 atom stereocenters. The first-order valence-corrected chi connectivity index (χ1v) is 17.8. The van der Waals surface area contributed by atoms with Crippen LogP contribution in [0.2, 0.25) is 18.1 Å². The van der Waals surface area contributed by atoms with Gasteiger partial charge in [0.25, 0.3) is 12.2 Å². The van der Waals surface area contributed by atoms with Gasteiger partial charge in [-0.2, -0.15) is 0 Å². The number of piperazine rings is 1. The number of anilines is 1. The fraction of sp³-hybridized carbons (Fsp3) is 0.484. The van der Waals surface area contributed by atoms with Crippen LogP contribution in [0.3, 0.4) is 0 Å². The monoisotopic (exact) mass is 657 g/mol. The molecule has 1 aliphatic rings. The van der Waals surface area contributed by atoms with Crippen molar-refractivity contribution in [2.24, 2.45) is 0 Å². The van der Waals surface area contributed by atoms with Gasteiger partial charge in [-0.15, -0.1) is 0 Å². The van der Waals surface area contributed by atoms with E-state index in [9.17, 15) is 23.6 Å². The average molecular weight is 658 g/mol. The highest BCUT2D eigenvalue weighted by molar-refractivity contribution is 6.74. The van der Waals surface area contributed by atoms with Gasteiger partial charge in [0.1, 0.15) is 12.4 Å². The Kier molecular flexibility index (Phi) is 10.1. The summed E-state index contributed by atoms with van der Waals surface area (Å²) in [6.07, 6.45) is 3.57. The molecule has 1 aromatic carbocycles. The summed E-state index contributed by atoms with van der Waals surface area (Å²) in [4.78, 5) is 42.7. The first kappa shape index (κ1) is 34.8. The zero-order chi connectivity index (χ0) is 34.0. The second-order valence-electron chi connectivity index (χ2n) is 13.5. The largest absolute Gasteiger partial charge is 0.710 e. The molecule has 0 aliphatic carbocycles. The number of nitrogens with one attached hydrogen (secondary N) is 1. The maximum absolute atomic E-state index is 13.9. The molecule has 15 heteroatoms. The van der Waals surface area contributed by atoms with Crippen molar-refractivity contribution in [1.29, 1.82) is 0 Å². The molecule has 2 amide bonds. The Morgan fingerprint density at radius 1 is 1.13 bits per heavy atom. The van der Waals surface area contributed by atoms with Crippen LogP contribution in [-0.4, -0.2) is 76.1 Å². The SMILES string of the molecule is CC(C(=O)Nc1cnc(Oc2ccc(F)cc2F)cn1)N1CCN(C(=O)c2cc(CO[Si](C)(C)C(C)(C)C)nc[n+]2[O-])C(C)(C)C1. The topological polar surface area (TPSA) is 137 Å². The number of benzene rings is 1. The standard InChI is InChI=1S/C31H41F2N7O5Si/c1-20(28(41)37-26-15-35-27(16-34-26)45-25-10-9-21(32)13-23(25)33)38-11-12-39(31(5,6)18-38)29(42)24-14-22(36-19-40(24)43)17-44-46(7,8)30(2,3)4/h9-10,13-16,19-20H,11-12,17-18H2,1-8H3,(H,34,37,41). The molecule has 12 nitrogen and oxygen atoms in total. The number of hydrogen-bond donors (Lipinski definition) is 1. The highest BCUT2D eigenvalue weighted by Gasteiger charge is 2.41. The number of rotatable bonds is 9. The van der Waals surface area contributed by atoms with Crippen LogP contribution in [0.4, 0.5) is 14.6 Å². The van der Waals surface area contributed by atoms with Crippen molar-refractivity contribution in [3.63, 3.8) is 0 Å². The van der Waals surface area contributed by atoms with Gasteiger partial charge in [0.2, 0.25) is 11.8 Å². The number of carbonyl (C=O) groups is 2. The van der Waals surface area contributed by atoms with E-state index in [0.717, 1.165) is 18.5 Å². The van der Waals surface area contributed by atoms with Gasteiger partial charge in [0, 0.05) is 31.8 Å². The summed E-state index contributed by atoms with van der Waals surface area (Å²) in [5.74, 6) is -2.49. The Balaban J connectivity index is 1.37. The zero-order valence-corrected chi connectivity index (χ0v) is 28.4. The molecule has 1 unspecified atom stereocenters. The van der Waals surface area contributed by atoms with Gasteiger partial charge in [-0.1, -0.05) is 25.8 Å². The normalized spacial score (nSPS) is 16.2. The van der Waals surface area contributed by atoms with Crippen molar-refractivity contribution in [2.45, 2.75) is 77.9 Å². The van der Waals surface area contributed by atoms with Crippen LogP contribution >= 0.6 is 0 Å². The third kappa shape index (κ3) is 8.00. The van der Waals surface area contributed by atoms with Gasteiger partial charge in [-0.05, 0) is 51.0 Å². The molecular weight excluding hydrogens is 616 g/mol. The van der Waals surface area contributed by atoms with Gasteiger partial charge < -0.3 is 24.6 Å². The third-order valence-corrected chi connectivity index (χ3v) is 13.0. The summed E-state index contributed by atoms with van der Waals surface area (Å²) in [7, 11) is -2.07. The minimum atomic E-state index is -2.07. The van der Waals surface area contributed by atoms with Crippen LogP contribution in [0.5, 0.6) is 11.6 Å². The maximum atomic E-state index is 13.9. The number of nitrogens with zero attached hydrogens (tertiary/aromatic N) is 6. The van der Waals surface area contributed by atoms with Crippen molar-refractivity contribution in [3.8, 4) is 11.6 Å². The van der Waals surface area contributed by atoms with Crippen LogP contribution < -0.4 is 14.8 Å². The first-order chi connectivity index (χ1) is 21.4. The van der Waals surface area contributed by atoms with Crippen molar-refractivity contribution >= 4 is 25.9 Å². The molecule has 248 valence electrons. The van der Waals surface area contributed by atoms with E-state index in [4.69, 9.17) is 9.16 Å². The Hall–Kier alpha value is -4.08. The lowest BCUT2D eigenvalue weighted by Crippen LogP contribution is -2.64. The van der Waals surface area contributed by atoms with Crippen LogP contribution in [0.15, 0.2) is 43.0 Å². The van der Waals surface area contributed by atoms with E-state index in [1.807, 2.05) is 18.7 Å². The quantitative estimate of drug-likeness (QED) is 0.198. The number of halogens is 2. The highest BCUT2D eigenvalue weighted by atomic mass is 28.4. The van der Waals surface area contributed by atoms with E-state index < -0.39 is 37.4 Å². The lowest BCUT2D eigenvalue weighted by Gasteiger charge is -2.48. The van der Waals surface area contributed by atoms with Gasteiger partial charge in [-0.25, -0.2) is 23.5 Å². The summed E-state index contributed by atoms with van der Waals surface area (Å²) >= 11 is 0. The molecule has 0 saturated carbocycles. The molecule has 1 fully saturated rings. The fourth-order valence-electron chi connectivity index (χ4n) is 4.69. The zero-order valence-electron chi connectivity index (χ0n) is 27.4. The number of ether oxygens (including phenoxy) is 1. The van der Waals surface area contributed by atoms with Gasteiger partial charge >= 0.3 is 0 Å². The Morgan fingerprint density at radius 3 is 2.46 bits per heavy atom. The molecule has 2 aromatic heterocycles. The van der Waals surface area contributed by atoms with Crippen LogP contribution in [0, 0.1) is 16.8 Å². The Labute approximate surface area is 268 Å². The number of amides is 2. The minimum Gasteiger partial charge on any atom is -0.710 e. The van der Waals surface area contributed by atoms with E-state index in [-0.39, 0.29) is 47.2 Å². The summed E-state index contributed by atoms with van der Waals surface area (Å²) in [5, 5.41) is 15.4. The van der Waals surface area contributed by atoms with E-state index in [1.165, 1.54) is 18.5 Å². The van der Waals surface area contributed by atoms with E-state index in [2.05, 4.69) is 54.1 Å². The molecule has 4 rings (SSSR count). The maximum Gasteiger partial charge on any atom is 0.294 e. The van der Waals surface area contributed by atoms with E-state index in [0.29, 0.717) is 29.6 Å². The highest BCUT2D eigenvalue weighted by Crippen LogP contribution is 2.37. The molecule has 1 saturated heterocycles. The predicted molar refractivity (Wildman–Crippen MR) is 168 cm³/mol. The number of carbonyl (C=O) groups excluding carboxylic acids is 2. The molecule has 0 radical (unpaired) electrons. The van der Waals surface area contributed by atoms with Crippen LogP contribution in [0.25, 0.3) is 0 Å². The molecule has 3 aromatic rings.